The molecule has 0 spiro atoms. The van der Waals surface area contributed by atoms with E-state index >= 15 is 0 Å². The van der Waals surface area contributed by atoms with Crippen LogP contribution < -0.4 is 15.1 Å². The van der Waals surface area contributed by atoms with Crippen molar-refractivity contribution in [1.29, 1.82) is 0 Å². The van der Waals surface area contributed by atoms with Crippen LogP contribution in [0.1, 0.15) is 36.9 Å². The highest BCUT2D eigenvalue weighted by atomic mass is 16.2. The van der Waals surface area contributed by atoms with Crippen molar-refractivity contribution in [3.05, 3.63) is 126 Å². The van der Waals surface area contributed by atoms with Gasteiger partial charge in [-0.3, -0.25) is 14.5 Å². The van der Waals surface area contributed by atoms with Crippen molar-refractivity contribution in [1.82, 2.24) is 9.80 Å². The first-order valence-corrected chi connectivity index (χ1v) is 16.6. The van der Waals surface area contributed by atoms with E-state index in [2.05, 4.69) is 105 Å². The molecule has 1 atom stereocenters. The summed E-state index contributed by atoms with van der Waals surface area (Å²) < 4.78 is 0. The third kappa shape index (κ3) is 7.96. The molecule has 0 aromatic heterocycles. The number of rotatable bonds is 10. The number of hydrogen-bond donors (Lipinski definition) is 1. The number of piperazine rings is 2. The van der Waals surface area contributed by atoms with Crippen LogP contribution in [0.4, 0.5) is 17.1 Å². The lowest BCUT2D eigenvalue weighted by Crippen LogP contribution is -2.49. The number of carbonyl (C=O) groups is 2. The highest BCUT2D eigenvalue weighted by Crippen LogP contribution is 2.30. The number of benzene rings is 4. The maximum Gasteiger partial charge on any atom is 0.224 e. The molecule has 2 aliphatic heterocycles. The molecule has 46 heavy (non-hydrogen) atoms. The van der Waals surface area contributed by atoms with Gasteiger partial charge in [0, 0.05) is 82.3 Å². The Bertz CT molecular complexity index is 1490. The monoisotopic (exact) mass is 615 g/mol. The van der Waals surface area contributed by atoms with E-state index in [-0.39, 0.29) is 23.8 Å². The van der Waals surface area contributed by atoms with Crippen LogP contribution in [-0.4, -0.2) is 74.0 Å². The Hall–Kier alpha value is -4.62. The quantitative estimate of drug-likeness (QED) is 0.227. The number of para-hydroxylation sites is 1. The lowest BCUT2D eigenvalue weighted by molar-refractivity contribution is -0.132. The standard InChI is InChI=1S/C39H45N5O2/c1-31(30-38(46)43-25-21-41(22-26-43)35-15-9-4-10-16-35)29-37(45)40-34-17-19-36(20-18-34)42-23-27-44(28-24-42)39(32-11-5-2-6-12-32)33-13-7-3-8-14-33/h2-20,31,39H,21-30H2,1H3,(H,40,45)/t31-/m0/s1. The Morgan fingerprint density at radius 1 is 0.587 bits per heavy atom. The van der Waals surface area contributed by atoms with E-state index in [0.29, 0.717) is 25.9 Å². The number of nitrogens with zero attached hydrogens (tertiary/aromatic N) is 4. The van der Waals surface area contributed by atoms with Crippen LogP contribution in [0, 0.1) is 5.92 Å². The Kier molecular flexibility index (Phi) is 10.3. The van der Waals surface area contributed by atoms with Gasteiger partial charge in [0.1, 0.15) is 0 Å². The summed E-state index contributed by atoms with van der Waals surface area (Å²) in [6, 6.07) is 40.3. The smallest absolute Gasteiger partial charge is 0.224 e. The summed E-state index contributed by atoms with van der Waals surface area (Å²) in [5, 5.41) is 3.04. The molecule has 2 aliphatic rings. The van der Waals surface area contributed by atoms with Gasteiger partial charge in [-0.15, -0.1) is 0 Å². The van der Waals surface area contributed by atoms with Crippen molar-refractivity contribution in [2.24, 2.45) is 5.92 Å². The van der Waals surface area contributed by atoms with Gasteiger partial charge in [-0.1, -0.05) is 85.8 Å². The molecule has 2 heterocycles. The van der Waals surface area contributed by atoms with Gasteiger partial charge < -0.3 is 20.0 Å². The molecule has 4 aromatic rings. The predicted molar refractivity (Wildman–Crippen MR) is 187 cm³/mol. The molecule has 0 radical (unpaired) electrons. The van der Waals surface area contributed by atoms with Crippen LogP contribution in [0.15, 0.2) is 115 Å². The lowest BCUT2D eigenvalue weighted by atomic mass is 9.96. The molecule has 2 fully saturated rings. The van der Waals surface area contributed by atoms with Gasteiger partial charge in [0.2, 0.25) is 11.8 Å². The van der Waals surface area contributed by atoms with E-state index in [1.165, 1.54) is 22.5 Å². The average molecular weight is 616 g/mol. The van der Waals surface area contributed by atoms with Crippen molar-refractivity contribution in [3.63, 3.8) is 0 Å². The van der Waals surface area contributed by atoms with Crippen LogP contribution in [0.5, 0.6) is 0 Å². The summed E-state index contributed by atoms with van der Waals surface area (Å²) in [6.45, 7) is 8.89. The highest BCUT2D eigenvalue weighted by molar-refractivity contribution is 5.91. The van der Waals surface area contributed by atoms with E-state index in [1.807, 2.05) is 42.2 Å². The van der Waals surface area contributed by atoms with Gasteiger partial charge in [0.05, 0.1) is 6.04 Å². The summed E-state index contributed by atoms with van der Waals surface area (Å²) in [6.07, 6.45) is 0.711. The average Bonchev–Trinajstić information content (AvgIpc) is 3.10. The van der Waals surface area contributed by atoms with E-state index in [9.17, 15) is 9.59 Å². The van der Waals surface area contributed by atoms with Gasteiger partial charge in [0.25, 0.3) is 0 Å². The largest absolute Gasteiger partial charge is 0.369 e. The maximum absolute atomic E-state index is 12.9. The fourth-order valence-corrected chi connectivity index (χ4v) is 6.76. The van der Waals surface area contributed by atoms with Crippen LogP contribution in [-0.2, 0) is 9.59 Å². The Balaban J connectivity index is 0.952. The van der Waals surface area contributed by atoms with Gasteiger partial charge >= 0.3 is 0 Å². The zero-order valence-corrected chi connectivity index (χ0v) is 26.8. The minimum Gasteiger partial charge on any atom is -0.369 e. The molecule has 7 nitrogen and oxygen atoms in total. The first-order chi connectivity index (χ1) is 22.5. The van der Waals surface area contributed by atoms with Crippen molar-refractivity contribution in [2.75, 3.05) is 67.5 Å². The molecule has 2 amide bonds. The van der Waals surface area contributed by atoms with Gasteiger partial charge in [-0.25, -0.2) is 0 Å². The molecule has 238 valence electrons. The summed E-state index contributed by atoms with van der Waals surface area (Å²) >= 11 is 0. The highest BCUT2D eigenvalue weighted by Gasteiger charge is 2.27. The molecular weight excluding hydrogens is 570 g/mol. The van der Waals surface area contributed by atoms with Crippen molar-refractivity contribution in [2.45, 2.75) is 25.8 Å². The number of anilines is 3. The maximum atomic E-state index is 12.9. The first-order valence-electron chi connectivity index (χ1n) is 16.6. The second kappa shape index (κ2) is 15.1. The Morgan fingerprint density at radius 3 is 1.61 bits per heavy atom. The molecule has 7 heteroatoms. The number of nitrogens with one attached hydrogen (secondary N) is 1. The number of carbonyl (C=O) groups excluding carboxylic acids is 2. The molecule has 0 aliphatic carbocycles. The van der Waals surface area contributed by atoms with E-state index in [0.717, 1.165) is 45.0 Å². The van der Waals surface area contributed by atoms with Gasteiger partial charge in [-0.2, -0.15) is 0 Å². The zero-order valence-electron chi connectivity index (χ0n) is 26.8. The van der Waals surface area contributed by atoms with Crippen molar-refractivity contribution < 1.29 is 9.59 Å². The fraction of sp³-hybridized carbons (Fsp3) is 0.333. The second-order valence-electron chi connectivity index (χ2n) is 12.6. The summed E-state index contributed by atoms with van der Waals surface area (Å²) in [5.41, 5.74) is 5.80. The molecule has 6 rings (SSSR count). The fourth-order valence-electron chi connectivity index (χ4n) is 6.76. The zero-order chi connectivity index (χ0) is 31.7. The second-order valence-corrected chi connectivity index (χ2v) is 12.6. The predicted octanol–water partition coefficient (Wildman–Crippen LogP) is 6.30. The molecule has 0 saturated carbocycles. The van der Waals surface area contributed by atoms with Crippen LogP contribution >= 0.6 is 0 Å². The normalized spacial score (nSPS) is 16.3. The van der Waals surface area contributed by atoms with Crippen molar-refractivity contribution in [3.8, 4) is 0 Å². The van der Waals surface area contributed by atoms with Crippen molar-refractivity contribution >= 4 is 28.9 Å². The van der Waals surface area contributed by atoms with Crippen LogP contribution in [0.2, 0.25) is 0 Å². The summed E-state index contributed by atoms with van der Waals surface area (Å²) in [7, 11) is 0. The van der Waals surface area contributed by atoms with Gasteiger partial charge in [-0.05, 0) is 53.4 Å². The molecule has 2 saturated heterocycles. The van der Waals surface area contributed by atoms with E-state index < -0.39 is 0 Å². The number of amides is 2. The van der Waals surface area contributed by atoms with Crippen LogP contribution in [0.25, 0.3) is 0 Å². The Labute approximate surface area is 273 Å². The van der Waals surface area contributed by atoms with Crippen LogP contribution in [0.3, 0.4) is 0 Å². The van der Waals surface area contributed by atoms with Gasteiger partial charge in [0.15, 0.2) is 0 Å². The minimum absolute atomic E-state index is 0.0224. The third-order valence-corrected chi connectivity index (χ3v) is 9.24. The lowest BCUT2D eigenvalue weighted by Gasteiger charge is -2.40. The molecule has 0 unspecified atom stereocenters. The molecular formula is C39H45N5O2. The first kappa shape index (κ1) is 31.4. The van der Waals surface area contributed by atoms with E-state index in [1.54, 1.807) is 0 Å². The molecule has 0 bridgehead atoms. The molecule has 4 aromatic carbocycles. The topological polar surface area (TPSA) is 59.1 Å². The molecule has 1 N–H and O–H groups in total. The third-order valence-electron chi connectivity index (χ3n) is 9.24. The van der Waals surface area contributed by atoms with E-state index in [4.69, 9.17) is 0 Å². The Morgan fingerprint density at radius 2 is 1.07 bits per heavy atom. The summed E-state index contributed by atoms with van der Waals surface area (Å²) in [4.78, 5) is 35.0. The summed E-state index contributed by atoms with van der Waals surface area (Å²) in [5.74, 6) is 0.0607. The number of hydrogen-bond acceptors (Lipinski definition) is 5. The SMILES string of the molecule is C[C@@H](CC(=O)Nc1ccc(N2CCN(C(c3ccccc3)c3ccccc3)CC2)cc1)CC(=O)N1CCN(c2ccccc2)CC1. The minimum atomic E-state index is -0.0524.